The van der Waals surface area contributed by atoms with E-state index in [2.05, 4.69) is 5.32 Å². The zero-order valence-electron chi connectivity index (χ0n) is 20.3. The Balaban J connectivity index is 1.40. The Kier molecular flexibility index (Phi) is 8.93. The molecule has 1 saturated heterocycles. The van der Waals surface area contributed by atoms with Gasteiger partial charge in [0.1, 0.15) is 5.02 Å². The van der Waals surface area contributed by atoms with Crippen molar-refractivity contribution in [3.05, 3.63) is 70.1 Å². The molecular formula is C26H27ClN2O7S2. The summed E-state index contributed by atoms with van der Waals surface area (Å²) in [6, 6.07) is 16.9. The largest absolute Gasteiger partial charge is 0.479 e. The minimum absolute atomic E-state index is 0.0415. The molecule has 202 valence electrons. The number of sulfonamides is 1. The molecule has 1 fully saturated rings. The average molecular weight is 579 g/mol. The van der Waals surface area contributed by atoms with E-state index in [0.717, 1.165) is 22.6 Å². The number of halogens is 1. The molecule has 0 saturated carbocycles. The van der Waals surface area contributed by atoms with Crippen LogP contribution in [-0.4, -0.2) is 66.4 Å². The van der Waals surface area contributed by atoms with E-state index in [1.54, 1.807) is 16.4 Å². The smallest absolute Gasteiger partial charge is 0.349 e. The number of carboxylic acid groups (broad SMARTS) is 2. The van der Waals surface area contributed by atoms with Crippen LogP contribution in [0.2, 0.25) is 5.02 Å². The van der Waals surface area contributed by atoms with E-state index >= 15 is 0 Å². The molecule has 1 aliphatic rings. The molecule has 0 aliphatic carbocycles. The predicted molar refractivity (Wildman–Crippen MR) is 147 cm³/mol. The monoisotopic (exact) mass is 578 g/mol. The van der Waals surface area contributed by atoms with E-state index in [1.165, 1.54) is 0 Å². The molecule has 2 aromatic carbocycles. The molecule has 0 atom stereocenters. The summed E-state index contributed by atoms with van der Waals surface area (Å²) in [6.07, 6.45) is 1.77. The summed E-state index contributed by atoms with van der Waals surface area (Å²) in [5, 5.41) is 21.9. The van der Waals surface area contributed by atoms with Crippen molar-refractivity contribution < 1.29 is 33.0 Å². The van der Waals surface area contributed by atoms with Gasteiger partial charge in [0.25, 0.3) is 0 Å². The van der Waals surface area contributed by atoms with Crippen LogP contribution in [0.1, 0.15) is 28.1 Å². The topological polar surface area (TPSA) is 133 Å². The quantitative estimate of drug-likeness (QED) is 0.299. The number of ether oxygens (including phenoxy) is 1. The summed E-state index contributed by atoms with van der Waals surface area (Å²) in [5.41, 5.74) is 2.43. The Bertz CT molecular complexity index is 1400. The fraction of sp³-hybridized carbons (Fsp3) is 0.308. The molecule has 3 N–H and O–H groups in total. The highest BCUT2D eigenvalue weighted by Gasteiger charge is 2.28. The van der Waals surface area contributed by atoms with E-state index in [-0.39, 0.29) is 27.4 Å². The lowest BCUT2D eigenvalue weighted by Gasteiger charge is -2.32. The average Bonchev–Trinajstić information content (AvgIpc) is 3.24. The van der Waals surface area contributed by atoms with Crippen molar-refractivity contribution in [1.82, 2.24) is 4.31 Å². The van der Waals surface area contributed by atoms with Crippen LogP contribution in [-0.2, 0) is 21.2 Å². The minimum atomic E-state index is -3.35. The molecule has 9 nitrogen and oxygen atoms in total. The fourth-order valence-electron chi connectivity index (χ4n) is 4.27. The van der Waals surface area contributed by atoms with Gasteiger partial charge in [-0.25, -0.2) is 22.3 Å². The Morgan fingerprint density at radius 1 is 1.08 bits per heavy atom. The van der Waals surface area contributed by atoms with Gasteiger partial charge in [-0.3, -0.25) is 0 Å². The van der Waals surface area contributed by atoms with Crippen molar-refractivity contribution in [2.45, 2.75) is 25.3 Å². The number of nitrogens with zero attached hydrogens (tertiary/aromatic N) is 1. The number of anilines is 1. The molecule has 0 bridgehead atoms. The summed E-state index contributed by atoms with van der Waals surface area (Å²) in [7, 11) is -3.35. The first kappa shape index (κ1) is 27.9. The van der Waals surface area contributed by atoms with Gasteiger partial charge in [0.2, 0.25) is 10.0 Å². The Hall–Kier alpha value is -3.12. The number of carbonyl (C=O) groups is 2. The van der Waals surface area contributed by atoms with Crippen LogP contribution in [0.15, 0.2) is 54.6 Å². The van der Waals surface area contributed by atoms with Gasteiger partial charge >= 0.3 is 11.9 Å². The number of aryl methyl sites for hydroxylation is 1. The van der Waals surface area contributed by atoms with Crippen LogP contribution in [0.25, 0.3) is 10.4 Å². The molecule has 3 aromatic rings. The molecule has 12 heteroatoms. The molecule has 1 aliphatic heterocycles. The lowest BCUT2D eigenvalue weighted by atomic mass is 10.1. The SMILES string of the molecule is O=C(O)COc1c(C(=O)O)sc(-c2cccc(NC3CCN(S(=O)(=O)CCc4ccccc4)CC3)c2)c1Cl. The van der Waals surface area contributed by atoms with E-state index in [9.17, 15) is 23.1 Å². The molecule has 2 heterocycles. The number of hydrogen-bond acceptors (Lipinski definition) is 7. The van der Waals surface area contributed by atoms with Crippen molar-refractivity contribution in [2.75, 3.05) is 30.8 Å². The first-order chi connectivity index (χ1) is 18.1. The third kappa shape index (κ3) is 6.84. The highest BCUT2D eigenvalue weighted by atomic mass is 35.5. The first-order valence-electron chi connectivity index (χ1n) is 11.9. The van der Waals surface area contributed by atoms with Gasteiger partial charge in [0, 0.05) is 24.8 Å². The Labute approximate surface area is 229 Å². The molecule has 1 aromatic heterocycles. The van der Waals surface area contributed by atoms with Gasteiger partial charge in [0.15, 0.2) is 17.2 Å². The maximum atomic E-state index is 12.8. The lowest BCUT2D eigenvalue weighted by molar-refractivity contribution is -0.139. The Morgan fingerprint density at radius 2 is 1.79 bits per heavy atom. The summed E-state index contributed by atoms with van der Waals surface area (Å²) in [6.45, 7) is 0.146. The van der Waals surface area contributed by atoms with Gasteiger partial charge in [-0.1, -0.05) is 54.1 Å². The van der Waals surface area contributed by atoms with Gasteiger partial charge in [-0.05, 0) is 42.5 Å². The molecule has 0 amide bonds. The second-order valence-corrected chi connectivity index (χ2v) is 12.3. The van der Waals surface area contributed by atoms with Crippen molar-refractivity contribution in [3.63, 3.8) is 0 Å². The molecule has 0 spiro atoms. The van der Waals surface area contributed by atoms with Crippen LogP contribution in [0.4, 0.5) is 5.69 Å². The van der Waals surface area contributed by atoms with E-state index < -0.39 is 28.6 Å². The van der Waals surface area contributed by atoms with Crippen LogP contribution < -0.4 is 10.1 Å². The number of nitrogens with one attached hydrogen (secondary N) is 1. The standard InChI is InChI=1S/C26H27ClN2O7S2/c27-22-23(36-16-21(30)31)25(26(32)33)37-24(22)18-7-4-8-20(15-18)28-19-9-12-29(13-10-19)38(34,35)14-11-17-5-2-1-3-6-17/h1-8,15,19,28H,9-14,16H2,(H,30,31)(H,32,33). The van der Waals surface area contributed by atoms with Gasteiger partial charge in [0.05, 0.1) is 10.6 Å². The van der Waals surface area contributed by atoms with Gasteiger partial charge in [-0.2, -0.15) is 0 Å². The molecule has 4 rings (SSSR count). The molecule has 38 heavy (non-hydrogen) atoms. The first-order valence-corrected chi connectivity index (χ1v) is 14.7. The second-order valence-electron chi connectivity index (χ2n) is 8.84. The number of thiophene rings is 1. The van der Waals surface area contributed by atoms with E-state index in [0.29, 0.717) is 42.8 Å². The molecule has 0 unspecified atom stereocenters. The lowest BCUT2D eigenvalue weighted by Crippen LogP contribution is -2.43. The van der Waals surface area contributed by atoms with E-state index in [1.807, 2.05) is 42.5 Å². The highest BCUT2D eigenvalue weighted by molar-refractivity contribution is 7.89. The van der Waals surface area contributed by atoms with Crippen LogP contribution in [0.3, 0.4) is 0 Å². The highest BCUT2D eigenvalue weighted by Crippen LogP contribution is 2.46. The van der Waals surface area contributed by atoms with Crippen molar-refractivity contribution >= 4 is 50.6 Å². The van der Waals surface area contributed by atoms with Gasteiger partial charge < -0.3 is 20.3 Å². The summed E-state index contributed by atoms with van der Waals surface area (Å²) in [4.78, 5) is 22.8. The molecule has 0 radical (unpaired) electrons. The summed E-state index contributed by atoms with van der Waals surface area (Å²) in [5.74, 6) is -2.59. The fourth-order valence-corrected chi connectivity index (χ4v) is 7.19. The third-order valence-electron chi connectivity index (χ3n) is 6.18. The number of aliphatic carboxylic acids is 1. The normalized spacial score (nSPS) is 14.8. The number of aromatic carboxylic acids is 1. The van der Waals surface area contributed by atoms with Crippen LogP contribution >= 0.6 is 22.9 Å². The number of benzene rings is 2. The second kappa shape index (κ2) is 12.2. The van der Waals surface area contributed by atoms with Crippen LogP contribution in [0, 0.1) is 0 Å². The van der Waals surface area contributed by atoms with E-state index in [4.69, 9.17) is 21.4 Å². The predicted octanol–water partition coefficient (Wildman–Crippen LogP) is 4.68. The van der Waals surface area contributed by atoms with Crippen molar-refractivity contribution in [1.29, 1.82) is 0 Å². The number of piperidine rings is 1. The van der Waals surface area contributed by atoms with Gasteiger partial charge in [-0.15, -0.1) is 11.3 Å². The Morgan fingerprint density at radius 3 is 2.45 bits per heavy atom. The zero-order valence-corrected chi connectivity index (χ0v) is 22.7. The number of hydrogen-bond donors (Lipinski definition) is 3. The minimum Gasteiger partial charge on any atom is -0.479 e. The third-order valence-corrected chi connectivity index (χ3v) is 9.73. The van der Waals surface area contributed by atoms with Crippen molar-refractivity contribution in [3.8, 4) is 16.2 Å². The maximum absolute atomic E-state index is 12.8. The summed E-state index contributed by atoms with van der Waals surface area (Å²) >= 11 is 7.31. The van der Waals surface area contributed by atoms with Crippen LogP contribution in [0.5, 0.6) is 5.75 Å². The van der Waals surface area contributed by atoms with Crippen molar-refractivity contribution in [2.24, 2.45) is 0 Å². The number of carboxylic acids is 2. The molecular weight excluding hydrogens is 552 g/mol. The maximum Gasteiger partial charge on any atom is 0.349 e. The zero-order chi connectivity index (χ0) is 27.3. The summed E-state index contributed by atoms with van der Waals surface area (Å²) < 4.78 is 32.4. The number of rotatable bonds is 11.